The van der Waals surface area contributed by atoms with Gasteiger partial charge in [0.2, 0.25) is 0 Å². The Bertz CT molecular complexity index is 426. The van der Waals surface area contributed by atoms with Gasteiger partial charge >= 0.3 is 0 Å². The first kappa shape index (κ1) is 15.3. The maximum Gasteiger partial charge on any atom is 0.0590 e. The quantitative estimate of drug-likeness (QED) is 0.823. The Morgan fingerprint density at radius 3 is 2.79 bits per heavy atom. The van der Waals surface area contributed by atoms with E-state index in [1.165, 1.54) is 12.8 Å². The highest BCUT2D eigenvalue weighted by atomic mass is 79.9. The van der Waals surface area contributed by atoms with E-state index in [9.17, 15) is 0 Å². The third-order valence-electron chi connectivity index (χ3n) is 3.51. The van der Waals surface area contributed by atoms with Gasteiger partial charge in [-0.15, -0.1) is 0 Å². The lowest BCUT2D eigenvalue weighted by Gasteiger charge is -2.31. The Morgan fingerprint density at radius 1 is 1.53 bits per heavy atom. The summed E-state index contributed by atoms with van der Waals surface area (Å²) < 4.78 is 6.20. The van der Waals surface area contributed by atoms with Crippen LogP contribution < -0.4 is 5.73 Å². The number of ether oxygens (including phenoxy) is 1. The van der Waals surface area contributed by atoms with E-state index < -0.39 is 0 Å². The summed E-state index contributed by atoms with van der Waals surface area (Å²) >= 11 is 9.80. The van der Waals surface area contributed by atoms with Gasteiger partial charge in [-0.2, -0.15) is 0 Å². The number of benzene rings is 1. The molecular formula is C14H20BrClN2O. The first-order valence-corrected chi connectivity index (χ1v) is 7.74. The summed E-state index contributed by atoms with van der Waals surface area (Å²) in [5, 5.41) is 0.771. The maximum absolute atomic E-state index is 6.36. The minimum Gasteiger partial charge on any atom is -0.383 e. The van der Waals surface area contributed by atoms with Crippen LogP contribution in [-0.2, 0) is 4.74 Å². The third kappa shape index (κ3) is 3.92. The molecule has 0 saturated heterocycles. The fourth-order valence-corrected chi connectivity index (χ4v) is 3.21. The minimum atomic E-state index is 0.170. The van der Waals surface area contributed by atoms with E-state index >= 15 is 0 Å². The Kier molecular flexibility index (Phi) is 5.66. The highest BCUT2D eigenvalue weighted by Gasteiger charge is 2.34. The molecule has 5 heteroatoms. The Hall–Kier alpha value is -0.130. The molecule has 0 spiro atoms. The molecule has 1 fully saturated rings. The molecule has 1 unspecified atom stereocenters. The van der Waals surface area contributed by atoms with E-state index in [1.54, 1.807) is 7.11 Å². The second kappa shape index (κ2) is 7.04. The van der Waals surface area contributed by atoms with Crippen LogP contribution in [0.5, 0.6) is 0 Å². The molecule has 0 aliphatic heterocycles. The first-order chi connectivity index (χ1) is 9.17. The van der Waals surface area contributed by atoms with Crippen molar-refractivity contribution in [3.63, 3.8) is 0 Å². The molecule has 2 N–H and O–H groups in total. The van der Waals surface area contributed by atoms with Gasteiger partial charge in [-0.25, -0.2) is 0 Å². The predicted octanol–water partition coefficient (Wildman–Crippen LogP) is 3.21. The summed E-state index contributed by atoms with van der Waals surface area (Å²) in [7, 11) is 1.73. The van der Waals surface area contributed by atoms with Crippen molar-refractivity contribution in [1.29, 1.82) is 0 Å². The predicted molar refractivity (Wildman–Crippen MR) is 82.6 cm³/mol. The average molecular weight is 348 g/mol. The van der Waals surface area contributed by atoms with Gasteiger partial charge in [0.15, 0.2) is 0 Å². The summed E-state index contributed by atoms with van der Waals surface area (Å²) in [6.07, 6.45) is 2.49. The van der Waals surface area contributed by atoms with Gasteiger partial charge < -0.3 is 10.5 Å². The first-order valence-electron chi connectivity index (χ1n) is 6.57. The molecule has 1 aromatic rings. The van der Waals surface area contributed by atoms with Gasteiger partial charge in [-0.05, 0) is 30.5 Å². The monoisotopic (exact) mass is 346 g/mol. The molecular weight excluding hydrogens is 328 g/mol. The highest BCUT2D eigenvalue weighted by molar-refractivity contribution is 9.10. The van der Waals surface area contributed by atoms with Crippen LogP contribution in [0.2, 0.25) is 5.02 Å². The molecule has 1 aromatic carbocycles. The molecule has 0 amide bonds. The van der Waals surface area contributed by atoms with Gasteiger partial charge in [-0.3, -0.25) is 4.90 Å². The Morgan fingerprint density at radius 2 is 2.26 bits per heavy atom. The van der Waals surface area contributed by atoms with Crippen LogP contribution in [0.25, 0.3) is 0 Å². The summed E-state index contributed by atoms with van der Waals surface area (Å²) in [4.78, 5) is 2.43. The molecule has 1 aliphatic rings. The summed E-state index contributed by atoms with van der Waals surface area (Å²) in [6.45, 7) is 2.19. The third-order valence-corrected chi connectivity index (χ3v) is 4.34. The topological polar surface area (TPSA) is 38.5 Å². The van der Waals surface area contributed by atoms with E-state index in [0.717, 1.165) is 28.2 Å². The van der Waals surface area contributed by atoms with Crippen molar-refractivity contribution in [2.24, 2.45) is 5.73 Å². The molecule has 3 nitrogen and oxygen atoms in total. The van der Waals surface area contributed by atoms with Crippen molar-refractivity contribution in [3.8, 4) is 0 Å². The molecule has 106 valence electrons. The molecule has 0 heterocycles. The SMILES string of the molecule is COCCN(C1CC1)C(CN)c1ccc(Br)cc1Cl. The van der Waals surface area contributed by atoms with Crippen LogP contribution in [0.1, 0.15) is 24.4 Å². The second-order valence-corrected chi connectivity index (χ2v) is 6.20. The summed E-state index contributed by atoms with van der Waals surface area (Å²) in [6, 6.07) is 6.81. The van der Waals surface area contributed by atoms with E-state index in [2.05, 4.69) is 26.9 Å². The minimum absolute atomic E-state index is 0.170. The van der Waals surface area contributed by atoms with Crippen LogP contribution >= 0.6 is 27.5 Å². The van der Waals surface area contributed by atoms with Crippen molar-refractivity contribution in [1.82, 2.24) is 4.90 Å². The lowest BCUT2D eigenvalue weighted by molar-refractivity contribution is 0.115. The van der Waals surface area contributed by atoms with E-state index in [4.69, 9.17) is 22.1 Å². The van der Waals surface area contributed by atoms with Gasteiger partial charge in [0.05, 0.1) is 6.61 Å². The van der Waals surface area contributed by atoms with Crippen molar-refractivity contribution in [2.75, 3.05) is 26.8 Å². The molecule has 1 saturated carbocycles. The van der Waals surface area contributed by atoms with Gasteiger partial charge in [0.1, 0.15) is 0 Å². The summed E-state index contributed by atoms with van der Waals surface area (Å²) in [5.41, 5.74) is 7.10. The Balaban J connectivity index is 2.20. The zero-order valence-corrected chi connectivity index (χ0v) is 13.5. The molecule has 1 atom stereocenters. The lowest BCUT2D eigenvalue weighted by Crippen LogP contribution is -2.37. The number of hydrogen-bond acceptors (Lipinski definition) is 3. The Labute approximate surface area is 128 Å². The fraction of sp³-hybridized carbons (Fsp3) is 0.571. The lowest BCUT2D eigenvalue weighted by atomic mass is 10.0. The zero-order valence-electron chi connectivity index (χ0n) is 11.1. The number of nitrogens with two attached hydrogens (primary N) is 1. The number of methoxy groups -OCH3 is 1. The molecule has 1 aliphatic carbocycles. The van der Waals surface area contributed by atoms with E-state index in [-0.39, 0.29) is 6.04 Å². The molecule has 0 bridgehead atoms. The van der Waals surface area contributed by atoms with Crippen molar-refractivity contribution >= 4 is 27.5 Å². The van der Waals surface area contributed by atoms with Crippen LogP contribution in [0.15, 0.2) is 22.7 Å². The van der Waals surface area contributed by atoms with E-state index in [0.29, 0.717) is 12.6 Å². The van der Waals surface area contributed by atoms with Crippen LogP contribution in [-0.4, -0.2) is 37.7 Å². The van der Waals surface area contributed by atoms with Crippen LogP contribution in [0, 0.1) is 0 Å². The highest BCUT2D eigenvalue weighted by Crippen LogP contribution is 2.36. The number of hydrogen-bond donors (Lipinski definition) is 1. The number of nitrogens with zero attached hydrogens (tertiary/aromatic N) is 1. The number of halogens is 2. The molecule has 19 heavy (non-hydrogen) atoms. The van der Waals surface area contributed by atoms with Gasteiger partial charge in [0.25, 0.3) is 0 Å². The van der Waals surface area contributed by atoms with Crippen molar-refractivity contribution in [2.45, 2.75) is 24.9 Å². The van der Waals surface area contributed by atoms with Crippen LogP contribution in [0.4, 0.5) is 0 Å². The molecule has 0 radical (unpaired) electrons. The number of rotatable bonds is 7. The normalized spacial score (nSPS) is 16.9. The standard InChI is InChI=1S/C14H20BrClN2O/c1-19-7-6-18(11-3-4-11)14(9-17)12-5-2-10(15)8-13(12)16/h2,5,8,11,14H,3-4,6-7,9,17H2,1H3. The average Bonchev–Trinajstić information content (AvgIpc) is 3.20. The van der Waals surface area contributed by atoms with Crippen LogP contribution in [0.3, 0.4) is 0 Å². The molecule has 0 aromatic heterocycles. The fourth-order valence-electron chi connectivity index (χ4n) is 2.41. The maximum atomic E-state index is 6.36. The smallest absolute Gasteiger partial charge is 0.0590 e. The zero-order chi connectivity index (χ0) is 13.8. The van der Waals surface area contributed by atoms with Gasteiger partial charge in [-0.1, -0.05) is 33.6 Å². The van der Waals surface area contributed by atoms with Gasteiger partial charge in [0, 0.05) is 41.8 Å². The van der Waals surface area contributed by atoms with Crippen molar-refractivity contribution in [3.05, 3.63) is 33.3 Å². The second-order valence-electron chi connectivity index (χ2n) is 4.88. The molecule has 2 rings (SSSR count). The summed E-state index contributed by atoms with van der Waals surface area (Å²) in [5.74, 6) is 0. The largest absolute Gasteiger partial charge is 0.383 e. The van der Waals surface area contributed by atoms with Crippen molar-refractivity contribution < 1.29 is 4.74 Å². The van der Waals surface area contributed by atoms with E-state index in [1.807, 2.05) is 12.1 Å².